The fourth-order valence-corrected chi connectivity index (χ4v) is 4.92. The molecule has 1 atom stereocenters. The monoisotopic (exact) mass is 303 g/mol. The van der Waals surface area contributed by atoms with E-state index in [0.29, 0.717) is 19.6 Å². The zero-order chi connectivity index (χ0) is 15.0. The van der Waals surface area contributed by atoms with Crippen molar-refractivity contribution in [1.29, 1.82) is 0 Å². The van der Waals surface area contributed by atoms with Crippen LogP contribution in [0.1, 0.15) is 39.5 Å². The predicted molar refractivity (Wildman–Crippen MR) is 82.0 cm³/mol. The van der Waals surface area contributed by atoms with Crippen molar-refractivity contribution < 1.29 is 8.42 Å². The van der Waals surface area contributed by atoms with E-state index in [4.69, 9.17) is 5.73 Å². The minimum atomic E-state index is -3.06. The lowest BCUT2D eigenvalue weighted by molar-refractivity contribution is -0.0568. The first kappa shape index (κ1) is 16.2. The lowest BCUT2D eigenvalue weighted by Crippen LogP contribution is -2.67. The average Bonchev–Trinajstić information content (AvgIpc) is 2.38. The Morgan fingerprint density at radius 3 is 2.05 bits per heavy atom. The summed E-state index contributed by atoms with van der Waals surface area (Å²) in [7, 11) is -3.06. The van der Waals surface area contributed by atoms with Gasteiger partial charge in [-0.25, -0.2) is 8.42 Å². The molecule has 1 aliphatic carbocycles. The number of nitrogens with two attached hydrogens (primary N) is 1. The third-order valence-electron chi connectivity index (χ3n) is 5.55. The molecule has 0 amide bonds. The standard InChI is InChI=1S/C14H29N3O2S/c1-13(2)6-4-5-7-14(13,12-15)16-8-10-17(11-9-16)20(3,18)19/h4-12,15H2,1-3H3. The highest BCUT2D eigenvalue weighted by atomic mass is 32.2. The van der Waals surface area contributed by atoms with Gasteiger partial charge >= 0.3 is 0 Å². The van der Waals surface area contributed by atoms with Gasteiger partial charge < -0.3 is 5.73 Å². The average molecular weight is 303 g/mol. The number of sulfonamides is 1. The number of hydrogen-bond donors (Lipinski definition) is 1. The molecule has 2 fully saturated rings. The van der Waals surface area contributed by atoms with Crippen LogP contribution in [0.2, 0.25) is 0 Å². The molecule has 0 bridgehead atoms. The Labute approximate surface area is 123 Å². The Morgan fingerprint density at radius 1 is 1.05 bits per heavy atom. The molecule has 1 heterocycles. The van der Waals surface area contributed by atoms with E-state index >= 15 is 0 Å². The summed E-state index contributed by atoms with van der Waals surface area (Å²) in [5.74, 6) is 0. The summed E-state index contributed by atoms with van der Waals surface area (Å²) < 4.78 is 24.8. The molecule has 1 saturated heterocycles. The van der Waals surface area contributed by atoms with Gasteiger partial charge in [-0.1, -0.05) is 26.7 Å². The lowest BCUT2D eigenvalue weighted by Gasteiger charge is -2.57. The minimum Gasteiger partial charge on any atom is -0.329 e. The van der Waals surface area contributed by atoms with Crippen molar-refractivity contribution in [2.75, 3.05) is 39.0 Å². The van der Waals surface area contributed by atoms with Crippen LogP contribution in [0.5, 0.6) is 0 Å². The third kappa shape index (κ3) is 2.75. The van der Waals surface area contributed by atoms with Crippen molar-refractivity contribution >= 4 is 10.0 Å². The maximum absolute atomic E-state index is 11.6. The van der Waals surface area contributed by atoms with E-state index in [1.807, 2.05) is 0 Å². The lowest BCUT2D eigenvalue weighted by atomic mass is 9.62. The molecule has 20 heavy (non-hydrogen) atoms. The van der Waals surface area contributed by atoms with Crippen LogP contribution in [0.25, 0.3) is 0 Å². The number of hydrogen-bond acceptors (Lipinski definition) is 4. The van der Waals surface area contributed by atoms with E-state index in [9.17, 15) is 8.42 Å². The van der Waals surface area contributed by atoms with Crippen LogP contribution < -0.4 is 5.73 Å². The summed E-state index contributed by atoms with van der Waals surface area (Å²) in [6, 6.07) is 0. The molecule has 2 aliphatic rings. The van der Waals surface area contributed by atoms with Gasteiger partial charge in [0.05, 0.1) is 6.26 Å². The normalized spacial score (nSPS) is 33.2. The van der Waals surface area contributed by atoms with Crippen LogP contribution in [0.15, 0.2) is 0 Å². The fourth-order valence-electron chi connectivity index (χ4n) is 4.10. The van der Waals surface area contributed by atoms with Crippen LogP contribution in [0.4, 0.5) is 0 Å². The van der Waals surface area contributed by atoms with Crippen molar-refractivity contribution in [2.45, 2.75) is 45.1 Å². The molecule has 0 spiro atoms. The molecule has 1 saturated carbocycles. The summed E-state index contributed by atoms with van der Waals surface area (Å²) in [6.07, 6.45) is 6.14. The van der Waals surface area contributed by atoms with E-state index in [1.54, 1.807) is 4.31 Å². The number of piperazine rings is 1. The highest BCUT2D eigenvalue weighted by Crippen LogP contribution is 2.47. The Hall–Kier alpha value is -0.170. The van der Waals surface area contributed by atoms with Gasteiger partial charge in [-0.05, 0) is 18.3 Å². The Balaban J connectivity index is 2.14. The van der Waals surface area contributed by atoms with Crippen LogP contribution >= 0.6 is 0 Å². The Bertz CT molecular complexity index is 441. The molecule has 0 aromatic carbocycles. The van der Waals surface area contributed by atoms with Gasteiger partial charge in [0.25, 0.3) is 0 Å². The van der Waals surface area contributed by atoms with E-state index in [1.165, 1.54) is 25.5 Å². The molecule has 2 N–H and O–H groups in total. The van der Waals surface area contributed by atoms with Crippen molar-refractivity contribution in [3.05, 3.63) is 0 Å². The van der Waals surface area contributed by atoms with Crippen molar-refractivity contribution in [3.8, 4) is 0 Å². The first-order valence-electron chi connectivity index (χ1n) is 7.63. The van der Waals surface area contributed by atoms with Gasteiger partial charge in [0.1, 0.15) is 0 Å². The van der Waals surface area contributed by atoms with E-state index in [-0.39, 0.29) is 11.0 Å². The largest absolute Gasteiger partial charge is 0.329 e. The summed E-state index contributed by atoms with van der Waals surface area (Å²) >= 11 is 0. The van der Waals surface area contributed by atoms with Crippen LogP contribution in [-0.2, 0) is 10.0 Å². The smallest absolute Gasteiger partial charge is 0.211 e. The molecule has 2 rings (SSSR count). The van der Waals surface area contributed by atoms with Crippen molar-refractivity contribution in [1.82, 2.24) is 9.21 Å². The Morgan fingerprint density at radius 2 is 1.60 bits per heavy atom. The predicted octanol–water partition coefficient (Wildman–Crippen LogP) is 0.861. The molecule has 0 radical (unpaired) electrons. The van der Waals surface area contributed by atoms with Crippen molar-refractivity contribution in [3.63, 3.8) is 0 Å². The van der Waals surface area contributed by atoms with Crippen molar-refractivity contribution in [2.24, 2.45) is 11.1 Å². The summed E-state index contributed by atoms with van der Waals surface area (Å²) in [5, 5.41) is 0. The second-order valence-electron chi connectivity index (χ2n) is 6.98. The van der Waals surface area contributed by atoms with E-state index in [0.717, 1.165) is 19.5 Å². The number of nitrogens with zero attached hydrogens (tertiary/aromatic N) is 2. The zero-order valence-electron chi connectivity index (χ0n) is 13.1. The summed E-state index contributed by atoms with van der Waals surface area (Å²) in [5.41, 5.74) is 6.43. The summed E-state index contributed by atoms with van der Waals surface area (Å²) in [6.45, 7) is 8.09. The van der Waals surface area contributed by atoms with Gasteiger partial charge in [-0.3, -0.25) is 4.90 Å². The summed E-state index contributed by atoms with van der Waals surface area (Å²) in [4.78, 5) is 2.47. The molecule has 5 nitrogen and oxygen atoms in total. The maximum Gasteiger partial charge on any atom is 0.211 e. The maximum atomic E-state index is 11.6. The van der Waals surface area contributed by atoms with Gasteiger partial charge in [0.15, 0.2) is 0 Å². The quantitative estimate of drug-likeness (QED) is 0.840. The zero-order valence-corrected chi connectivity index (χ0v) is 13.9. The SMILES string of the molecule is CC1(C)CCCCC1(CN)N1CCN(S(C)(=O)=O)CC1. The van der Waals surface area contributed by atoms with Gasteiger partial charge in [0.2, 0.25) is 10.0 Å². The highest BCUT2D eigenvalue weighted by molar-refractivity contribution is 7.88. The van der Waals surface area contributed by atoms with Gasteiger partial charge in [-0.15, -0.1) is 0 Å². The topological polar surface area (TPSA) is 66.6 Å². The first-order valence-corrected chi connectivity index (χ1v) is 9.48. The van der Waals surface area contributed by atoms with Crippen LogP contribution in [0.3, 0.4) is 0 Å². The molecular formula is C14H29N3O2S. The Kier molecular flexibility index (Phi) is 4.50. The van der Waals surface area contributed by atoms with E-state index in [2.05, 4.69) is 18.7 Å². The highest BCUT2D eigenvalue weighted by Gasteiger charge is 2.50. The first-order chi connectivity index (χ1) is 9.23. The fraction of sp³-hybridized carbons (Fsp3) is 1.00. The van der Waals surface area contributed by atoms with E-state index < -0.39 is 10.0 Å². The second-order valence-corrected chi connectivity index (χ2v) is 8.96. The number of rotatable bonds is 3. The molecule has 1 unspecified atom stereocenters. The third-order valence-corrected chi connectivity index (χ3v) is 6.86. The van der Waals surface area contributed by atoms with Crippen LogP contribution in [0, 0.1) is 5.41 Å². The molecule has 1 aliphatic heterocycles. The van der Waals surface area contributed by atoms with Crippen LogP contribution in [-0.4, -0.2) is 62.1 Å². The van der Waals surface area contributed by atoms with Gasteiger partial charge in [0, 0.05) is 38.3 Å². The molecule has 0 aromatic heterocycles. The minimum absolute atomic E-state index is 0.0366. The molecular weight excluding hydrogens is 274 g/mol. The molecule has 118 valence electrons. The van der Waals surface area contributed by atoms with Gasteiger partial charge in [-0.2, -0.15) is 4.31 Å². The second kappa shape index (κ2) is 5.55. The molecule has 0 aromatic rings. The molecule has 6 heteroatoms.